The van der Waals surface area contributed by atoms with Crippen LogP contribution >= 0.6 is 11.6 Å². The molecule has 0 saturated carbocycles. The number of morpholine rings is 1. The Bertz CT molecular complexity index is 913. The van der Waals surface area contributed by atoms with E-state index < -0.39 is 0 Å². The van der Waals surface area contributed by atoms with E-state index in [9.17, 15) is 4.79 Å². The van der Waals surface area contributed by atoms with Gasteiger partial charge < -0.3 is 19.4 Å². The smallest absolute Gasteiger partial charge is 0.291 e. The van der Waals surface area contributed by atoms with Gasteiger partial charge in [-0.2, -0.15) is 0 Å². The van der Waals surface area contributed by atoms with Gasteiger partial charge in [0.25, 0.3) is 5.91 Å². The number of nitrogens with zero attached hydrogens (tertiary/aromatic N) is 1. The first-order chi connectivity index (χ1) is 13.2. The molecular formula is C21H19ClN2O3. The van der Waals surface area contributed by atoms with E-state index in [0.29, 0.717) is 10.8 Å². The van der Waals surface area contributed by atoms with Crippen LogP contribution in [0.1, 0.15) is 10.6 Å². The summed E-state index contributed by atoms with van der Waals surface area (Å²) in [7, 11) is 0. The fourth-order valence-electron chi connectivity index (χ4n) is 3.00. The highest BCUT2D eigenvalue weighted by atomic mass is 35.5. The number of carbonyl (C=O) groups excluding carboxylic acids is 1. The minimum atomic E-state index is -0.283. The van der Waals surface area contributed by atoms with Crippen LogP contribution in [0.25, 0.3) is 11.3 Å². The van der Waals surface area contributed by atoms with Crippen molar-refractivity contribution in [3.8, 4) is 11.3 Å². The number of nitrogens with one attached hydrogen (secondary N) is 1. The van der Waals surface area contributed by atoms with Crippen molar-refractivity contribution in [1.29, 1.82) is 0 Å². The Morgan fingerprint density at radius 3 is 2.33 bits per heavy atom. The summed E-state index contributed by atoms with van der Waals surface area (Å²) in [4.78, 5) is 14.7. The van der Waals surface area contributed by atoms with Gasteiger partial charge in [-0.3, -0.25) is 4.79 Å². The van der Waals surface area contributed by atoms with Crippen LogP contribution < -0.4 is 10.2 Å². The quantitative estimate of drug-likeness (QED) is 0.711. The van der Waals surface area contributed by atoms with E-state index in [0.717, 1.165) is 43.2 Å². The summed E-state index contributed by atoms with van der Waals surface area (Å²) < 4.78 is 11.1. The second kappa shape index (κ2) is 7.86. The second-order valence-corrected chi connectivity index (χ2v) is 6.71. The molecule has 0 radical (unpaired) electrons. The largest absolute Gasteiger partial charge is 0.451 e. The molecule has 1 N–H and O–H groups in total. The van der Waals surface area contributed by atoms with E-state index in [1.165, 1.54) is 0 Å². The van der Waals surface area contributed by atoms with Crippen LogP contribution in [0.5, 0.6) is 0 Å². The predicted molar refractivity (Wildman–Crippen MR) is 107 cm³/mol. The van der Waals surface area contributed by atoms with Gasteiger partial charge in [0.1, 0.15) is 5.76 Å². The van der Waals surface area contributed by atoms with Gasteiger partial charge in [-0.15, -0.1) is 0 Å². The fourth-order valence-corrected chi connectivity index (χ4v) is 3.13. The zero-order chi connectivity index (χ0) is 18.6. The summed E-state index contributed by atoms with van der Waals surface area (Å²) >= 11 is 5.90. The topological polar surface area (TPSA) is 54.7 Å². The second-order valence-electron chi connectivity index (χ2n) is 6.27. The maximum absolute atomic E-state index is 12.4. The molecule has 2 heterocycles. The van der Waals surface area contributed by atoms with Crippen LogP contribution in [0.4, 0.5) is 11.4 Å². The third-order valence-corrected chi connectivity index (χ3v) is 4.71. The summed E-state index contributed by atoms with van der Waals surface area (Å²) in [6, 6.07) is 18.5. The van der Waals surface area contributed by atoms with E-state index in [4.69, 9.17) is 20.8 Å². The van der Waals surface area contributed by atoms with Gasteiger partial charge in [0.05, 0.1) is 13.2 Å². The maximum Gasteiger partial charge on any atom is 0.291 e. The Labute approximate surface area is 162 Å². The molecule has 27 heavy (non-hydrogen) atoms. The van der Waals surface area contributed by atoms with Crippen LogP contribution in [-0.2, 0) is 4.74 Å². The average molecular weight is 383 g/mol. The first-order valence-electron chi connectivity index (χ1n) is 8.79. The number of anilines is 2. The maximum atomic E-state index is 12.4. The lowest BCUT2D eigenvalue weighted by atomic mass is 10.2. The Balaban J connectivity index is 1.42. The van der Waals surface area contributed by atoms with Crippen LogP contribution in [0.2, 0.25) is 5.02 Å². The minimum Gasteiger partial charge on any atom is -0.451 e. The van der Waals surface area contributed by atoms with Gasteiger partial charge in [-0.05, 0) is 60.7 Å². The molecule has 1 aliphatic heterocycles. The summed E-state index contributed by atoms with van der Waals surface area (Å²) in [5, 5.41) is 3.52. The van der Waals surface area contributed by atoms with Crippen LogP contribution in [0.15, 0.2) is 65.1 Å². The molecule has 138 valence electrons. The van der Waals surface area contributed by atoms with Gasteiger partial charge in [0, 0.05) is 35.1 Å². The molecule has 0 aliphatic carbocycles. The lowest BCUT2D eigenvalue weighted by Gasteiger charge is -2.28. The average Bonchev–Trinajstić information content (AvgIpc) is 3.20. The molecule has 0 unspecified atom stereocenters. The normalized spacial score (nSPS) is 14.2. The first-order valence-corrected chi connectivity index (χ1v) is 9.17. The molecule has 1 amide bonds. The summed E-state index contributed by atoms with van der Waals surface area (Å²) in [5.74, 6) is 0.603. The van der Waals surface area contributed by atoms with Crippen molar-refractivity contribution >= 4 is 28.9 Å². The van der Waals surface area contributed by atoms with Crippen molar-refractivity contribution in [3.63, 3.8) is 0 Å². The van der Waals surface area contributed by atoms with Gasteiger partial charge in [-0.1, -0.05) is 11.6 Å². The first kappa shape index (κ1) is 17.6. The van der Waals surface area contributed by atoms with Crippen molar-refractivity contribution < 1.29 is 13.9 Å². The highest BCUT2D eigenvalue weighted by molar-refractivity contribution is 6.30. The molecular weight excluding hydrogens is 364 g/mol. The van der Waals surface area contributed by atoms with Crippen LogP contribution in [0.3, 0.4) is 0 Å². The Kier molecular flexibility index (Phi) is 5.14. The van der Waals surface area contributed by atoms with Crippen molar-refractivity contribution in [1.82, 2.24) is 0 Å². The van der Waals surface area contributed by atoms with Crippen molar-refractivity contribution in [2.75, 3.05) is 36.5 Å². The fraction of sp³-hybridized carbons (Fsp3) is 0.190. The number of rotatable bonds is 4. The molecule has 6 heteroatoms. The van der Waals surface area contributed by atoms with E-state index >= 15 is 0 Å². The van der Waals surface area contributed by atoms with Gasteiger partial charge in [-0.25, -0.2) is 0 Å². The molecule has 4 rings (SSSR count). The molecule has 1 saturated heterocycles. The number of benzene rings is 2. The molecule has 5 nitrogen and oxygen atoms in total. The van der Waals surface area contributed by atoms with Crippen LogP contribution in [0, 0.1) is 0 Å². The zero-order valence-corrected chi connectivity index (χ0v) is 15.4. The van der Waals surface area contributed by atoms with Gasteiger partial charge in [0.15, 0.2) is 5.76 Å². The van der Waals surface area contributed by atoms with Crippen molar-refractivity contribution in [2.45, 2.75) is 0 Å². The Morgan fingerprint density at radius 2 is 1.63 bits per heavy atom. The SMILES string of the molecule is O=C(Nc1ccc(N2CCOCC2)cc1)c1ccc(-c2ccc(Cl)cc2)o1. The predicted octanol–water partition coefficient (Wildman–Crippen LogP) is 4.69. The molecule has 0 bridgehead atoms. The lowest BCUT2D eigenvalue weighted by molar-refractivity contribution is 0.0997. The third-order valence-electron chi connectivity index (χ3n) is 4.46. The number of carbonyl (C=O) groups is 1. The number of hydrogen-bond acceptors (Lipinski definition) is 4. The standard InChI is InChI=1S/C21H19ClN2O3/c22-16-3-1-15(2-4-16)19-9-10-20(27-19)21(25)23-17-5-7-18(8-6-17)24-11-13-26-14-12-24/h1-10H,11-14H2,(H,23,25). The summed E-state index contributed by atoms with van der Waals surface area (Å²) in [6.45, 7) is 3.25. The van der Waals surface area contributed by atoms with E-state index in [1.54, 1.807) is 24.3 Å². The van der Waals surface area contributed by atoms with E-state index in [2.05, 4.69) is 10.2 Å². The van der Waals surface area contributed by atoms with Gasteiger partial charge in [0.2, 0.25) is 0 Å². The van der Waals surface area contributed by atoms with Crippen molar-refractivity contribution in [3.05, 3.63) is 71.4 Å². The highest BCUT2D eigenvalue weighted by Gasteiger charge is 2.14. The number of halogens is 1. The third kappa shape index (κ3) is 4.15. The minimum absolute atomic E-state index is 0.261. The molecule has 1 aromatic heterocycles. The summed E-state index contributed by atoms with van der Waals surface area (Å²) in [5.41, 5.74) is 2.72. The molecule has 0 spiro atoms. The van der Waals surface area contributed by atoms with E-state index in [1.807, 2.05) is 36.4 Å². The number of ether oxygens (including phenoxy) is 1. The number of furan rings is 1. The number of hydrogen-bond donors (Lipinski definition) is 1. The van der Waals surface area contributed by atoms with Crippen LogP contribution in [-0.4, -0.2) is 32.2 Å². The molecule has 2 aromatic carbocycles. The zero-order valence-electron chi connectivity index (χ0n) is 14.7. The summed E-state index contributed by atoms with van der Waals surface area (Å²) in [6.07, 6.45) is 0. The Hall–Kier alpha value is -2.76. The van der Waals surface area contributed by atoms with E-state index in [-0.39, 0.29) is 11.7 Å². The van der Waals surface area contributed by atoms with Crippen molar-refractivity contribution in [2.24, 2.45) is 0 Å². The highest BCUT2D eigenvalue weighted by Crippen LogP contribution is 2.25. The lowest BCUT2D eigenvalue weighted by Crippen LogP contribution is -2.36. The molecule has 0 atom stereocenters. The van der Waals surface area contributed by atoms with Gasteiger partial charge >= 0.3 is 0 Å². The molecule has 1 fully saturated rings. The number of amides is 1. The molecule has 3 aromatic rings. The Morgan fingerprint density at radius 1 is 0.926 bits per heavy atom. The molecule has 1 aliphatic rings. The monoisotopic (exact) mass is 382 g/mol.